The van der Waals surface area contributed by atoms with E-state index >= 15 is 0 Å². The fourth-order valence-electron chi connectivity index (χ4n) is 3.33. The molecule has 132 valence electrons. The van der Waals surface area contributed by atoms with Gasteiger partial charge in [0.05, 0.1) is 6.04 Å². The first-order chi connectivity index (χ1) is 11.5. The van der Waals surface area contributed by atoms with Crippen molar-refractivity contribution in [2.24, 2.45) is 0 Å². The van der Waals surface area contributed by atoms with Gasteiger partial charge in [0, 0.05) is 7.05 Å². The molecule has 1 aromatic carbocycles. The van der Waals surface area contributed by atoms with Crippen molar-refractivity contribution in [3.05, 3.63) is 35.6 Å². The summed E-state index contributed by atoms with van der Waals surface area (Å²) in [5.41, 5.74) is 0.00438. The highest BCUT2D eigenvalue weighted by Gasteiger charge is 2.40. The van der Waals surface area contributed by atoms with Crippen LogP contribution in [0.2, 0.25) is 0 Å². The minimum atomic E-state index is -0.835. The van der Waals surface area contributed by atoms with Gasteiger partial charge in [0.15, 0.2) is 0 Å². The average molecular weight is 335 g/mol. The molecular weight excluding hydrogens is 309 g/mol. The van der Waals surface area contributed by atoms with Gasteiger partial charge in [0.1, 0.15) is 11.4 Å². The SMILES string of the molecule is CC[C@@H](NC(=O)NC1(C(=O)NC)CCCCC1)c1ccc(F)cc1. The first-order valence-electron chi connectivity index (χ1n) is 8.57. The third-order valence-corrected chi connectivity index (χ3v) is 4.71. The zero-order valence-electron chi connectivity index (χ0n) is 14.3. The second-order valence-electron chi connectivity index (χ2n) is 6.33. The Bertz CT molecular complexity index is 568. The van der Waals surface area contributed by atoms with Crippen LogP contribution in [-0.4, -0.2) is 24.5 Å². The van der Waals surface area contributed by atoms with Gasteiger partial charge in [-0.3, -0.25) is 4.79 Å². The van der Waals surface area contributed by atoms with Crippen LogP contribution in [0.3, 0.4) is 0 Å². The Morgan fingerprint density at radius 1 is 1.17 bits per heavy atom. The number of hydrogen-bond donors (Lipinski definition) is 3. The molecule has 2 rings (SSSR count). The van der Waals surface area contributed by atoms with E-state index in [1.165, 1.54) is 12.1 Å². The van der Waals surface area contributed by atoms with Crippen LogP contribution in [0.1, 0.15) is 57.1 Å². The average Bonchev–Trinajstić information content (AvgIpc) is 2.60. The number of rotatable bonds is 5. The standard InChI is InChI=1S/C18H26FN3O2/c1-3-15(13-7-9-14(19)10-8-13)21-17(24)22-18(16(23)20-2)11-5-4-6-12-18/h7-10,15H,3-6,11-12H2,1-2H3,(H,20,23)(H2,21,22,24)/t15-/m1/s1. The van der Waals surface area contributed by atoms with Gasteiger partial charge in [-0.05, 0) is 37.0 Å². The van der Waals surface area contributed by atoms with Crippen molar-refractivity contribution in [3.8, 4) is 0 Å². The number of hydrogen-bond acceptors (Lipinski definition) is 2. The van der Waals surface area contributed by atoms with Crippen molar-refractivity contribution in [2.45, 2.75) is 57.0 Å². The zero-order valence-corrected chi connectivity index (χ0v) is 14.3. The number of halogens is 1. The normalized spacial score (nSPS) is 17.6. The highest BCUT2D eigenvalue weighted by atomic mass is 19.1. The van der Waals surface area contributed by atoms with Crippen LogP contribution in [-0.2, 0) is 4.79 Å². The largest absolute Gasteiger partial charge is 0.357 e. The Labute approximate surface area is 142 Å². The molecule has 24 heavy (non-hydrogen) atoms. The van der Waals surface area contributed by atoms with E-state index in [0.29, 0.717) is 19.3 Å². The summed E-state index contributed by atoms with van der Waals surface area (Å²) in [6, 6.07) is 5.50. The Balaban J connectivity index is 2.06. The summed E-state index contributed by atoms with van der Waals surface area (Å²) in [6.45, 7) is 1.95. The minimum Gasteiger partial charge on any atom is -0.357 e. The third kappa shape index (κ3) is 4.24. The van der Waals surface area contributed by atoms with Crippen LogP contribution >= 0.6 is 0 Å². The number of benzene rings is 1. The summed E-state index contributed by atoms with van der Waals surface area (Å²) in [7, 11) is 1.59. The lowest BCUT2D eigenvalue weighted by molar-refractivity contribution is -0.128. The van der Waals surface area contributed by atoms with Crippen LogP contribution < -0.4 is 16.0 Å². The number of nitrogens with one attached hydrogen (secondary N) is 3. The predicted molar refractivity (Wildman–Crippen MR) is 91.0 cm³/mol. The van der Waals surface area contributed by atoms with Crippen LogP contribution in [0.5, 0.6) is 0 Å². The Kier molecular flexibility index (Phi) is 6.17. The van der Waals surface area contributed by atoms with E-state index in [0.717, 1.165) is 24.8 Å². The Morgan fingerprint density at radius 2 is 1.79 bits per heavy atom. The summed E-state index contributed by atoms with van der Waals surface area (Å²) in [5, 5.41) is 8.46. The molecule has 0 heterocycles. The molecule has 1 aliphatic rings. The second-order valence-corrected chi connectivity index (χ2v) is 6.33. The molecule has 3 N–H and O–H groups in total. The number of amides is 3. The lowest BCUT2D eigenvalue weighted by atomic mass is 9.81. The summed E-state index contributed by atoms with van der Waals surface area (Å²) >= 11 is 0. The molecule has 1 atom stereocenters. The fourth-order valence-corrected chi connectivity index (χ4v) is 3.33. The molecule has 0 radical (unpaired) electrons. The van der Waals surface area contributed by atoms with Crippen molar-refractivity contribution >= 4 is 11.9 Å². The second kappa shape index (κ2) is 8.13. The van der Waals surface area contributed by atoms with Gasteiger partial charge < -0.3 is 16.0 Å². The number of urea groups is 1. The zero-order chi connectivity index (χ0) is 17.6. The van der Waals surface area contributed by atoms with Crippen molar-refractivity contribution in [3.63, 3.8) is 0 Å². The summed E-state index contributed by atoms with van der Waals surface area (Å²) < 4.78 is 13.1. The maximum atomic E-state index is 13.1. The van der Waals surface area contributed by atoms with Gasteiger partial charge in [-0.2, -0.15) is 0 Å². The maximum absolute atomic E-state index is 13.1. The molecule has 5 nitrogen and oxygen atoms in total. The molecule has 1 aliphatic carbocycles. The molecule has 1 saturated carbocycles. The van der Waals surface area contributed by atoms with Crippen LogP contribution in [0, 0.1) is 5.82 Å². The van der Waals surface area contributed by atoms with Gasteiger partial charge in [0.25, 0.3) is 0 Å². The topological polar surface area (TPSA) is 70.2 Å². The minimum absolute atomic E-state index is 0.146. The van der Waals surface area contributed by atoms with Crippen molar-refractivity contribution in [1.82, 2.24) is 16.0 Å². The van der Waals surface area contributed by atoms with Gasteiger partial charge >= 0.3 is 6.03 Å². The van der Waals surface area contributed by atoms with E-state index in [1.54, 1.807) is 19.2 Å². The van der Waals surface area contributed by atoms with Crippen LogP contribution in [0.25, 0.3) is 0 Å². The highest BCUT2D eigenvalue weighted by molar-refractivity contribution is 5.91. The monoisotopic (exact) mass is 335 g/mol. The lowest BCUT2D eigenvalue weighted by Gasteiger charge is -2.36. The molecule has 1 fully saturated rings. The molecule has 0 aromatic heterocycles. The number of carbonyl (C=O) groups excluding carboxylic acids is 2. The first kappa shape index (κ1) is 18.2. The van der Waals surface area contributed by atoms with Crippen molar-refractivity contribution in [2.75, 3.05) is 7.05 Å². The van der Waals surface area contributed by atoms with Gasteiger partial charge in [0.2, 0.25) is 5.91 Å². The smallest absolute Gasteiger partial charge is 0.316 e. The molecule has 0 bridgehead atoms. The molecule has 3 amide bonds. The van der Waals surface area contributed by atoms with E-state index in [9.17, 15) is 14.0 Å². The van der Waals surface area contributed by atoms with Crippen LogP contribution in [0.4, 0.5) is 9.18 Å². The molecule has 1 aromatic rings. The molecule has 0 unspecified atom stereocenters. The van der Waals surface area contributed by atoms with Gasteiger partial charge in [-0.15, -0.1) is 0 Å². The Hall–Kier alpha value is -2.11. The molecule has 6 heteroatoms. The van der Waals surface area contributed by atoms with Crippen molar-refractivity contribution in [1.29, 1.82) is 0 Å². The van der Waals surface area contributed by atoms with Crippen molar-refractivity contribution < 1.29 is 14.0 Å². The van der Waals surface area contributed by atoms with Gasteiger partial charge in [-0.25, -0.2) is 9.18 Å². The first-order valence-corrected chi connectivity index (χ1v) is 8.57. The predicted octanol–water partition coefficient (Wildman–Crippen LogP) is 3.02. The summed E-state index contributed by atoms with van der Waals surface area (Å²) in [6.07, 6.45) is 4.88. The third-order valence-electron chi connectivity index (χ3n) is 4.71. The van der Waals surface area contributed by atoms with E-state index in [1.807, 2.05) is 6.92 Å². The molecule has 0 saturated heterocycles. The van der Waals surface area contributed by atoms with E-state index < -0.39 is 5.54 Å². The summed E-state index contributed by atoms with van der Waals surface area (Å²) in [5.74, 6) is -0.453. The highest BCUT2D eigenvalue weighted by Crippen LogP contribution is 2.28. The molecule has 0 spiro atoms. The van der Waals surface area contributed by atoms with E-state index in [4.69, 9.17) is 0 Å². The van der Waals surface area contributed by atoms with E-state index in [-0.39, 0.29) is 23.8 Å². The lowest BCUT2D eigenvalue weighted by Crippen LogP contribution is -2.61. The molecule has 0 aliphatic heterocycles. The molecular formula is C18H26FN3O2. The maximum Gasteiger partial charge on any atom is 0.316 e. The van der Waals surface area contributed by atoms with E-state index in [2.05, 4.69) is 16.0 Å². The van der Waals surface area contributed by atoms with Crippen LogP contribution in [0.15, 0.2) is 24.3 Å². The summed E-state index contributed by atoms with van der Waals surface area (Å²) in [4.78, 5) is 24.8. The van der Waals surface area contributed by atoms with Gasteiger partial charge in [-0.1, -0.05) is 38.3 Å². The quantitative estimate of drug-likeness (QED) is 0.774. The Morgan fingerprint density at radius 3 is 2.33 bits per heavy atom. The fraction of sp³-hybridized carbons (Fsp3) is 0.556. The number of carbonyl (C=O) groups is 2. The number of likely N-dealkylation sites (N-methyl/N-ethyl adjacent to an activating group) is 1.